The topological polar surface area (TPSA) is 156 Å². The number of fused-ring (bicyclic) bond motifs is 1. The molecule has 2 atom stereocenters. The number of esters is 1. The monoisotopic (exact) mass is 485 g/mol. The van der Waals surface area contributed by atoms with Gasteiger partial charge in [0.1, 0.15) is 5.39 Å². The Hall–Kier alpha value is -3.69. The molecule has 12 heteroatoms. The first-order chi connectivity index (χ1) is 16.2. The van der Waals surface area contributed by atoms with Crippen molar-refractivity contribution in [1.29, 1.82) is 5.26 Å². The minimum Gasteiger partial charge on any atom is -0.467 e. The molecule has 11 nitrogen and oxygen atoms in total. The molecule has 0 amide bonds. The summed E-state index contributed by atoms with van der Waals surface area (Å²) in [6.07, 6.45) is 2.67. The maximum Gasteiger partial charge on any atom is 0.334 e. The molecule has 34 heavy (non-hydrogen) atoms. The summed E-state index contributed by atoms with van der Waals surface area (Å²) in [5.74, 6) is -0.233. The molecule has 2 aromatic heterocycles. The summed E-state index contributed by atoms with van der Waals surface area (Å²) in [7, 11) is -2.06. The van der Waals surface area contributed by atoms with E-state index in [1.807, 2.05) is 0 Å². The smallest absolute Gasteiger partial charge is 0.334 e. The summed E-state index contributed by atoms with van der Waals surface area (Å²) >= 11 is 0. The summed E-state index contributed by atoms with van der Waals surface area (Å²) in [5, 5.41) is 17.6. The summed E-state index contributed by atoms with van der Waals surface area (Å²) in [4.78, 5) is 27.4. The Balaban J connectivity index is 1.76. The van der Waals surface area contributed by atoms with Gasteiger partial charge in [0, 0.05) is 18.1 Å². The maximum absolute atomic E-state index is 12.7. The third kappa shape index (κ3) is 4.27. The molecule has 3 aromatic rings. The number of carbonyl (C=O) groups is 1. The van der Waals surface area contributed by atoms with Crippen LogP contribution in [0, 0.1) is 11.3 Å². The zero-order valence-corrected chi connectivity index (χ0v) is 19.4. The molecule has 0 saturated carbocycles. The lowest BCUT2D eigenvalue weighted by Crippen LogP contribution is -2.47. The number of hydrogen-bond donors (Lipinski definition) is 2. The van der Waals surface area contributed by atoms with Crippen LogP contribution in [-0.2, 0) is 29.6 Å². The predicted octanol–water partition coefficient (Wildman–Crippen LogP) is 1.83. The van der Waals surface area contributed by atoms with Crippen LogP contribution in [0.2, 0.25) is 0 Å². The van der Waals surface area contributed by atoms with E-state index in [2.05, 4.69) is 21.5 Å². The number of ether oxygens (including phenoxy) is 2. The van der Waals surface area contributed by atoms with Crippen molar-refractivity contribution >= 4 is 38.2 Å². The molecular formula is C22H23N5O6S. The first-order valence-corrected chi connectivity index (χ1v) is 12.3. The molecular weight excluding hydrogens is 462 g/mol. The lowest BCUT2D eigenvalue weighted by molar-refractivity contribution is -0.162. The summed E-state index contributed by atoms with van der Waals surface area (Å²) in [6, 6.07) is 9.93. The predicted molar refractivity (Wildman–Crippen MR) is 122 cm³/mol. The van der Waals surface area contributed by atoms with Crippen molar-refractivity contribution in [3.8, 4) is 6.07 Å². The van der Waals surface area contributed by atoms with E-state index in [1.54, 1.807) is 22.9 Å². The third-order valence-electron chi connectivity index (χ3n) is 5.90. The number of methoxy groups -OCH3 is 1. The van der Waals surface area contributed by atoms with Gasteiger partial charge in [-0.15, -0.1) is 0 Å². The molecule has 0 aliphatic carbocycles. The largest absolute Gasteiger partial charge is 0.467 e. The number of sulfone groups is 1. The van der Waals surface area contributed by atoms with Gasteiger partial charge in [-0.1, -0.05) is 0 Å². The third-order valence-corrected chi connectivity index (χ3v) is 7.02. The number of carbonyl (C=O) groups excluding carboxylic acids is 1. The molecule has 1 fully saturated rings. The van der Waals surface area contributed by atoms with Crippen LogP contribution < -0.4 is 10.9 Å². The van der Waals surface area contributed by atoms with Crippen molar-refractivity contribution in [2.45, 2.75) is 35.8 Å². The second-order valence-corrected chi connectivity index (χ2v) is 10.2. The van der Waals surface area contributed by atoms with Crippen molar-refractivity contribution in [3.63, 3.8) is 0 Å². The number of pyridine rings is 1. The minimum absolute atomic E-state index is 0.0341. The first kappa shape index (κ1) is 23.5. The van der Waals surface area contributed by atoms with Crippen molar-refractivity contribution in [3.05, 3.63) is 46.9 Å². The van der Waals surface area contributed by atoms with Crippen molar-refractivity contribution in [2.24, 2.45) is 0 Å². The van der Waals surface area contributed by atoms with Crippen LogP contribution in [0.25, 0.3) is 10.9 Å². The van der Waals surface area contributed by atoms with E-state index in [9.17, 15) is 23.3 Å². The van der Waals surface area contributed by atoms with Crippen LogP contribution in [0.1, 0.15) is 19.3 Å². The van der Waals surface area contributed by atoms with E-state index in [-0.39, 0.29) is 34.7 Å². The number of nitrogens with zero attached hydrogens (tertiary/aromatic N) is 3. The van der Waals surface area contributed by atoms with Gasteiger partial charge >= 0.3 is 5.97 Å². The highest BCUT2D eigenvalue weighted by Gasteiger charge is 2.42. The van der Waals surface area contributed by atoms with Gasteiger partial charge in [0.2, 0.25) is 0 Å². The van der Waals surface area contributed by atoms with Gasteiger partial charge in [0.25, 0.3) is 5.56 Å². The van der Waals surface area contributed by atoms with E-state index in [0.29, 0.717) is 24.0 Å². The number of H-pyrrole nitrogens is 1. The molecule has 2 N–H and O–H groups in total. The molecule has 0 bridgehead atoms. The number of nitrogens with one attached hydrogen (secondary N) is 2. The molecule has 178 valence electrons. The van der Waals surface area contributed by atoms with E-state index in [4.69, 9.17) is 9.47 Å². The highest BCUT2D eigenvalue weighted by molar-refractivity contribution is 7.90. The van der Waals surface area contributed by atoms with Crippen LogP contribution in [0.3, 0.4) is 0 Å². The molecule has 0 spiro atoms. The van der Waals surface area contributed by atoms with E-state index < -0.39 is 27.4 Å². The normalized spacial score (nSPS) is 20.6. The van der Waals surface area contributed by atoms with E-state index >= 15 is 0 Å². The highest BCUT2D eigenvalue weighted by atomic mass is 32.2. The van der Waals surface area contributed by atoms with E-state index in [0.717, 1.165) is 6.26 Å². The van der Waals surface area contributed by atoms with Crippen LogP contribution in [-0.4, -0.2) is 55.2 Å². The Labute approximate surface area is 195 Å². The molecule has 1 aliphatic heterocycles. The molecule has 4 rings (SSSR count). The van der Waals surface area contributed by atoms with Gasteiger partial charge in [-0.05, 0) is 43.2 Å². The second-order valence-electron chi connectivity index (χ2n) is 8.17. The van der Waals surface area contributed by atoms with Crippen LogP contribution in [0.4, 0.5) is 11.5 Å². The van der Waals surface area contributed by atoms with Crippen LogP contribution in [0.15, 0.2) is 46.2 Å². The number of rotatable bonds is 6. The Kier molecular flexibility index (Phi) is 6.16. The fourth-order valence-corrected chi connectivity index (χ4v) is 4.74. The Morgan fingerprint density at radius 3 is 2.71 bits per heavy atom. The van der Waals surface area contributed by atoms with Crippen molar-refractivity contribution in [2.75, 3.05) is 25.3 Å². The fraction of sp³-hybridized carbons (Fsp3) is 0.364. The summed E-state index contributed by atoms with van der Waals surface area (Å²) < 4.78 is 35.6. The van der Waals surface area contributed by atoms with Gasteiger partial charge < -0.3 is 19.8 Å². The standard InChI is InChI=1S/C22H23N5O6S/c1-32-21(29)17-7-9-22(10-11-23,13-33-17)27-16-8-12-24-20(28)18(16)19(26-27)25-14-3-5-15(6-4-14)34(2,30)31/h3-6,8,12,17H,7,9-10,13H2,1-2H3,(H,24,28)(H,25,26)/t17-,22?/m1/s1. The Bertz CT molecular complexity index is 1430. The average molecular weight is 486 g/mol. The Morgan fingerprint density at radius 1 is 1.38 bits per heavy atom. The average Bonchev–Trinajstić information content (AvgIpc) is 3.19. The SMILES string of the molecule is COC(=O)[C@H]1CCC(CC#N)(n2nc(Nc3ccc(S(C)(=O)=O)cc3)c3c(=O)[nH]ccc32)CO1. The highest BCUT2D eigenvalue weighted by Crippen LogP contribution is 2.37. The van der Waals surface area contributed by atoms with Gasteiger partial charge in [-0.3, -0.25) is 9.48 Å². The van der Waals surface area contributed by atoms with E-state index in [1.165, 1.54) is 25.4 Å². The number of benzene rings is 1. The van der Waals surface area contributed by atoms with Gasteiger partial charge in [-0.25, -0.2) is 13.2 Å². The van der Waals surface area contributed by atoms with Crippen LogP contribution in [0.5, 0.6) is 0 Å². The lowest BCUT2D eigenvalue weighted by atomic mass is 9.87. The molecule has 3 heterocycles. The number of aromatic nitrogens is 3. The summed E-state index contributed by atoms with van der Waals surface area (Å²) in [6.45, 7) is 0.0341. The van der Waals surface area contributed by atoms with Gasteiger partial charge in [0.05, 0.1) is 42.2 Å². The number of anilines is 2. The second kappa shape index (κ2) is 8.92. The maximum atomic E-state index is 12.7. The number of hydrogen-bond acceptors (Lipinski definition) is 9. The molecule has 1 unspecified atom stereocenters. The molecule has 0 radical (unpaired) electrons. The fourth-order valence-electron chi connectivity index (χ4n) is 4.11. The van der Waals surface area contributed by atoms with Gasteiger partial charge in [-0.2, -0.15) is 10.4 Å². The first-order valence-electron chi connectivity index (χ1n) is 10.4. The summed E-state index contributed by atoms with van der Waals surface area (Å²) in [5.41, 5.74) is -0.252. The van der Waals surface area contributed by atoms with Crippen molar-refractivity contribution in [1.82, 2.24) is 14.8 Å². The zero-order chi connectivity index (χ0) is 24.5. The lowest BCUT2D eigenvalue weighted by Gasteiger charge is -2.38. The number of nitriles is 1. The number of aromatic amines is 1. The molecule has 1 saturated heterocycles. The molecule has 1 aromatic carbocycles. The van der Waals surface area contributed by atoms with Crippen LogP contribution >= 0.6 is 0 Å². The quantitative estimate of drug-likeness (QED) is 0.497. The van der Waals surface area contributed by atoms with Crippen molar-refractivity contribution < 1.29 is 22.7 Å². The minimum atomic E-state index is -3.35. The molecule has 1 aliphatic rings. The zero-order valence-electron chi connectivity index (χ0n) is 18.6. The Morgan fingerprint density at radius 2 is 2.12 bits per heavy atom. The van der Waals surface area contributed by atoms with Gasteiger partial charge in [0.15, 0.2) is 21.8 Å².